The van der Waals surface area contributed by atoms with Crippen molar-refractivity contribution in [3.05, 3.63) is 54.1 Å². The molecule has 0 saturated heterocycles. The van der Waals surface area contributed by atoms with Crippen LogP contribution in [0.25, 0.3) is 0 Å². The Morgan fingerprint density at radius 2 is 2.00 bits per heavy atom. The Labute approximate surface area is 109 Å². The molecule has 0 aliphatic carbocycles. The molecule has 2 aromatic rings. The summed E-state index contributed by atoms with van der Waals surface area (Å²) in [7, 11) is 0. The maximum Gasteiger partial charge on any atom is 0.106 e. The third-order valence-corrected chi connectivity index (χ3v) is 3.21. The monoisotopic (exact) mass is 243 g/mol. The molecule has 3 heteroatoms. The van der Waals surface area contributed by atoms with E-state index >= 15 is 0 Å². The number of benzene rings is 1. The smallest absolute Gasteiger partial charge is 0.106 e. The number of rotatable bonds is 6. The summed E-state index contributed by atoms with van der Waals surface area (Å²) in [6.45, 7) is 5.42. The van der Waals surface area contributed by atoms with Crippen LogP contribution in [0.4, 0.5) is 0 Å². The van der Waals surface area contributed by atoms with E-state index in [0.29, 0.717) is 0 Å². The van der Waals surface area contributed by atoms with Gasteiger partial charge in [0, 0.05) is 24.4 Å². The molecule has 0 aliphatic rings. The zero-order valence-corrected chi connectivity index (χ0v) is 11.1. The minimum atomic E-state index is 0.0183. The first-order chi connectivity index (χ1) is 8.68. The van der Waals surface area contributed by atoms with E-state index in [-0.39, 0.29) is 5.54 Å². The van der Waals surface area contributed by atoms with Crippen LogP contribution in [0.3, 0.4) is 0 Å². The van der Waals surface area contributed by atoms with Gasteiger partial charge >= 0.3 is 0 Å². The third kappa shape index (κ3) is 3.44. The molecular weight excluding hydrogens is 222 g/mol. The van der Waals surface area contributed by atoms with Crippen molar-refractivity contribution in [1.82, 2.24) is 15.3 Å². The minimum Gasteiger partial charge on any atom is -0.349 e. The lowest BCUT2D eigenvalue weighted by molar-refractivity contribution is 0.399. The van der Waals surface area contributed by atoms with Crippen molar-refractivity contribution in [3.8, 4) is 0 Å². The first-order valence-electron chi connectivity index (χ1n) is 6.47. The van der Waals surface area contributed by atoms with Gasteiger partial charge < -0.3 is 10.3 Å². The van der Waals surface area contributed by atoms with Crippen LogP contribution in [0.1, 0.15) is 31.7 Å². The van der Waals surface area contributed by atoms with E-state index in [1.165, 1.54) is 5.56 Å². The van der Waals surface area contributed by atoms with Gasteiger partial charge in [0.2, 0.25) is 0 Å². The van der Waals surface area contributed by atoms with Crippen LogP contribution in [0.5, 0.6) is 0 Å². The summed E-state index contributed by atoms with van der Waals surface area (Å²) in [5, 5.41) is 3.60. The quantitative estimate of drug-likeness (QED) is 0.766. The lowest BCUT2D eigenvalue weighted by atomic mass is 9.94. The van der Waals surface area contributed by atoms with Crippen LogP contribution in [-0.4, -0.2) is 16.5 Å². The molecule has 0 radical (unpaired) electrons. The number of nitrogens with one attached hydrogen (secondary N) is 2. The summed E-state index contributed by atoms with van der Waals surface area (Å²) in [6.07, 6.45) is 5.75. The van der Waals surface area contributed by atoms with Crippen LogP contribution in [0.15, 0.2) is 42.7 Å². The number of aromatic nitrogens is 2. The van der Waals surface area contributed by atoms with E-state index in [9.17, 15) is 0 Å². The van der Waals surface area contributed by atoms with Gasteiger partial charge in [-0.1, -0.05) is 30.3 Å². The van der Waals surface area contributed by atoms with Gasteiger partial charge in [0.05, 0.1) is 0 Å². The molecule has 2 N–H and O–H groups in total. The number of imidazole rings is 1. The van der Waals surface area contributed by atoms with Crippen LogP contribution < -0.4 is 5.32 Å². The Balaban J connectivity index is 1.79. The standard InChI is InChI=1S/C15H21N3/c1-15(2,13-7-4-3-5-8-13)18-10-6-9-14-16-11-12-17-14/h3-5,7-8,11-12,18H,6,9-10H2,1-2H3,(H,16,17). The van der Waals surface area contributed by atoms with Gasteiger partial charge in [0.15, 0.2) is 0 Å². The summed E-state index contributed by atoms with van der Waals surface area (Å²) in [4.78, 5) is 7.35. The van der Waals surface area contributed by atoms with E-state index < -0.39 is 0 Å². The topological polar surface area (TPSA) is 40.7 Å². The van der Waals surface area contributed by atoms with Gasteiger partial charge in [0.1, 0.15) is 5.82 Å². The normalized spacial score (nSPS) is 11.7. The predicted molar refractivity (Wildman–Crippen MR) is 74.4 cm³/mol. The first kappa shape index (κ1) is 12.8. The van der Waals surface area contributed by atoms with E-state index in [1.807, 2.05) is 6.20 Å². The Hall–Kier alpha value is -1.61. The van der Waals surface area contributed by atoms with Crippen molar-refractivity contribution >= 4 is 0 Å². The van der Waals surface area contributed by atoms with Crippen molar-refractivity contribution in [3.63, 3.8) is 0 Å². The number of hydrogen-bond donors (Lipinski definition) is 2. The molecule has 0 bridgehead atoms. The summed E-state index contributed by atoms with van der Waals surface area (Å²) < 4.78 is 0. The largest absolute Gasteiger partial charge is 0.349 e. The molecule has 18 heavy (non-hydrogen) atoms. The molecule has 0 unspecified atom stereocenters. The second-order valence-corrected chi connectivity index (χ2v) is 5.06. The molecule has 1 aromatic heterocycles. The van der Waals surface area contributed by atoms with Crippen molar-refractivity contribution < 1.29 is 0 Å². The highest BCUT2D eigenvalue weighted by Gasteiger charge is 2.18. The number of aryl methyl sites for hydroxylation is 1. The Morgan fingerprint density at radius 1 is 1.22 bits per heavy atom. The number of nitrogens with zero attached hydrogens (tertiary/aromatic N) is 1. The van der Waals surface area contributed by atoms with Gasteiger partial charge in [-0.15, -0.1) is 0 Å². The summed E-state index contributed by atoms with van der Waals surface area (Å²) >= 11 is 0. The van der Waals surface area contributed by atoms with Gasteiger partial charge in [-0.05, 0) is 32.4 Å². The molecule has 96 valence electrons. The highest BCUT2D eigenvalue weighted by molar-refractivity contribution is 5.22. The van der Waals surface area contributed by atoms with Crippen LogP contribution in [0, 0.1) is 0 Å². The highest BCUT2D eigenvalue weighted by atomic mass is 15.0. The summed E-state index contributed by atoms with van der Waals surface area (Å²) in [5.41, 5.74) is 1.34. The van der Waals surface area contributed by atoms with Crippen molar-refractivity contribution in [1.29, 1.82) is 0 Å². The fourth-order valence-electron chi connectivity index (χ4n) is 2.05. The molecule has 0 spiro atoms. The number of hydrogen-bond acceptors (Lipinski definition) is 2. The highest BCUT2D eigenvalue weighted by Crippen LogP contribution is 2.19. The molecule has 2 rings (SSSR count). The fraction of sp³-hybridized carbons (Fsp3) is 0.400. The van der Waals surface area contributed by atoms with Crippen LogP contribution in [0.2, 0.25) is 0 Å². The lowest BCUT2D eigenvalue weighted by Crippen LogP contribution is -2.37. The van der Waals surface area contributed by atoms with Crippen molar-refractivity contribution in [2.45, 2.75) is 32.2 Å². The zero-order chi connectivity index (χ0) is 12.8. The maximum absolute atomic E-state index is 4.23. The van der Waals surface area contributed by atoms with Gasteiger partial charge in [-0.25, -0.2) is 4.98 Å². The van der Waals surface area contributed by atoms with E-state index in [4.69, 9.17) is 0 Å². The second kappa shape index (κ2) is 5.83. The molecule has 0 fully saturated rings. The average molecular weight is 243 g/mol. The van der Waals surface area contributed by atoms with Crippen LogP contribution >= 0.6 is 0 Å². The second-order valence-electron chi connectivity index (χ2n) is 5.06. The molecule has 1 aromatic carbocycles. The number of aromatic amines is 1. The summed E-state index contributed by atoms with van der Waals surface area (Å²) in [5.74, 6) is 1.06. The Bertz CT molecular complexity index is 446. The maximum atomic E-state index is 4.23. The van der Waals surface area contributed by atoms with Gasteiger partial charge in [-0.3, -0.25) is 0 Å². The third-order valence-electron chi connectivity index (χ3n) is 3.21. The lowest BCUT2D eigenvalue weighted by Gasteiger charge is -2.27. The minimum absolute atomic E-state index is 0.0183. The van der Waals surface area contributed by atoms with E-state index in [2.05, 4.69) is 59.5 Å². The molecule has 0 saturated carbocycles. The predicted octanol–water partition coefficient (Wildman–Crippen LogP) is 2.87. The van der Waals surface area contributed by atoms with Crippen molar-refractivity contribution in [2.24, 2.45) is 0 Å². The Kier molecular flexibility index (Phi) is 4.15. The van der Waals surface area contributed by atoms with E-state index in [1.54, 1.807) is 6.20 Å². The fourth-order valence-corrected chi connectivity index (χ4v) is 2.05. The molecule has 3 nitrogen and oxygen atoms in total. The Morgan fingerprint density at radius 3 is 2.67 bits per heavy atom. The van der Waals surface area contributed by atoms with E-state index in [0.717, 1.165) is 25.2 Å². The van der Waals surface area contributed by atoms with Gasteiger partial charge in [-0.2, -0.15) is 0 Å². The molecular formula is C15H21N3. The SMILES string of the molecule is CC(C)(NCCCc1ncc[nH]1)c1ccccc1. The molecule has 0 aliphatic heterocycles. The van der Waals surface area contributed by atoms with Crippen LogP contribution in [-0.2, 0) is 12.0 Å². The average Bonchev–Trinajstić information content (AvgIpc) is 2.89. The first-order valence-corrected chi connectivity index (χ1v) is 6.47. The molecule has 0 atom stereocenters. The number of H-pyrrole nitrogens is 1. The van der Waals surface area contributed by atoms with Gasteiger partial charge in [0.25, 0.3) is 0 Å². The van der Waals surface area contributed by atoms with Crippen molar-refractivity contribution in [2.75, 3.05) is 6.54 Å². The molecule has 0 amide bonds. The summed E-state index contributed by atoms with van der Waals surface area (Å²) in [6, 6.07) is 10.6. The zero-order valence-electron chi connectivity index (χ0n) is 11.1. The molecule has 1 heterocycles.